The molecule has 1 aliphatic carbocycles. The Labute approximate surface area is 320 Å². The average Bonchev–Trinajstić information content (AvgIpc) is 3.22. The monoisotopic (exact) mass is 744 g/mol. The van der Waals surface area contributed by atoms with Crippen LogP contribution in [0.15, 0.2) is 199 Å². The van der Waals surface area contributed by atoms with E-state index in [9.17, 15) is 0 Å². The Kier molecular flexibility index (Phi) is 8.93. The number of rotatable bonds is 8. The Morgan fingerprint density at radius 1 is 0.377 bits per heavy atom. The summed E-state index contributed by atoms with van der Waals surface area (Å²) in [6.45, 7) is 0. The number of allylic oxidation sites excluding steroid dienone is 1. The van der Waals surface area contributed by atoms with Gasteiger partial charge in [-0.15, -0.1) is 0 Å². The van der Waals surface area contributed by atoms with Gasteiger partial charge in [0, 0.05) is 38.6 Å². The van der Waals surface area contributed by atoms with Crippen molar-refractivity contribution in [1.82, 2.24) is 0 Å². The van der Waals surface area contributed by atoms with Crippen LogP contribution in [0.3, 0.4) is 0 Å². The normalized spacial score (nSPS) is 12.0. The lowest BCUT2D eigenvalue weighted by Crippen LogP contribution is -2.10. The molecule has 0 heterocycles. The Morgan fingerprint density at radius 3 is 1.47 bits per heavy atom. The molecule has 0 atom stereocenters. The van der Waals surface area contributed by atoms with Crippen molar-refractivity contribution in [3.8, 4) is 22.3 Å². The highest BCUT2D eigenvalue weighted by atomic mass is 79.9. The topological polar surface area (TPSA) is 6.48 Å². The molecule has 1 aliphatic rings. The molecule has 0 amide bonds. The SMILES string of the molecule is Brc1cc(-c2ccc(N(c3ccccc3)c3ccc4c(c3)C=CCC4)cc2)cc(-c2ccc(N(c3ccccc3)c3ccc4ccccc4c3)cc2)c1. The number of hydrogen-bond donors (Lipinski definition) is 0. The molecule has 8 aromatic rings. The zero-order valence-electron chi connectivity index (χ0n) is 29.2. The molecule has 254 valence electrons. The third-order valence-corrected chi connectivity index (χ3v) is 10.6. The molecule has 0 aliphatic heterocycles. The molecule has 2 nitrogen and oxygen atoms in total. The van der Waals surface area contributed by atoms with Gasteiger partial charge in [-0.1, -0.05) is 125 Å². The summed E-state index contributed by atoms with van der Waals surface area (Å²) in [6.07, 6.45) is 6.75. The first kappa shape index (κ1) is 32.7. The van der Waals surface area contributed by atoms with E-state index in [1.165, 1.54) is 27.5 Å². The lowest BCUT2D eigenvalue weighted by atomic mass is 9.96. The standard InChI is InChI=1S/C50H37BrN2/c51-44-32-42(38-19-25-47(26-20-38)52(45-15-3-1-4-16-45)49-29-23-36-11-7-9-13-40(36)34-49)31-43(33-44)39-21-27-48(28-22-39)53(46-17-5-2-6-18-46)50-30-24-37-12-8-10-14-41(37)35-50/h1-7,9-11,13-35H,8,12H2. The smallest absolute Gasteiger partial charge is 0.0468 e. The molecular weight excluding hydrogens is 708 g/mol. The molecule has 8 aromatic carbocycles. The van der Waals surface area contributed by atoms with Gasteiger partial charge < -0.3 is 9.80 Å². The van der Waals surface area contributed by atoms with Gasteiger partial charge in [0.1, 0.15) is 0 Å². The maximum Gasteiger partial charge on any atom is 0.0468 e. The van der Waals surface area contributed by atoms with Crippen molar-refractivity contribution in [3.63, 3.8) is 0 Å². The summed E-state index contributed by atoms with van der Waals surface area (Å²) in [4.78, 5) is 4.67. The third-order valence-electron chi connectivity index (χ3n) is 10.1. The van der Waals surface area contributed by atoms with E-state index in [0.29, 0.717) is 0 Å². The highest BCUT2D eigenvalue weighted by Crippen LogP contribution is 2.40. The second-order valence-corrected chi connectivity index (χ2v) is 14.4. The first-order valence-electron chi connectivity index (χ1n) is 18.2. The van der Waals surface area contributed by atoms with Gasteiger partial charge in [-0.2, -0.15) is 0 Å². The molecule has 0 saturated heterocycles. The number of nitrogens with zero attached hydrogens (tertiary/aromatic N) is 2. The summed E-state index contributed by atoms with van der Waals surface area (Å²) in [5.74, 6) is 0. The minimum absolute atomic E-state index is 1.05. The van der Waals surface area contributed by atoms with Crippen LogP contribution in [0, 0.1) is 0 Å². The summed E-state index contributed by atoms with van der Waals surface area (Å²) >= 11 is 3.83. The largest absolute Gasteiger partial charge is 0.310 e. The number of benzene rings is 8. The van der Waals surface area contributed by atoms with Crippen molar-refractivity contribution in [2.75, 3.05) is 9.80 Å². The van der Waals surface area contributed by atoms with E-state index < -0.39 is 0 Å². The molecule has 0 saturated carbocycles. The minimum atomic E-state index is 1.05. The van der Waals surface area contributed by atoms with E-state index in [1.807, 2.05) is 0 Å². The van der Waals surface area contributed by atoms with E-state index in [0.717, 1.165) is 68.1 Å². The highest BCUT2D eigenvalue weighted by molar-refractivity contribution is 9.10. The van der Waals surface area contributed by atoms with Crippen LogP contribution in [-0.2, 0) is 6.42 Å². The Bertz CT molecular complexity index is 2560. The van der Waals surface area contributed by atoms with Crippen molar-refractivity contribution in [2.45, 2.75) is 12.8 Å². The average molecular weight is 746 g/mol. The maximum absolute atomic E-state index is 3.83. The maximum atomic E-state index is 3.83. The summed E-state index contributed by atoms with van der Waals surface area (Å²) in [5, 5.41) is 2.46. The third kappa shape index (κ3) is 6.80. The van der Waals surface area contributed by atoms with Gasteiger partial charge >= 0.3 is 0 Å². The van der Waals surface area contributed by atoms with Gasteiger partial charge in [-0.05, 0) is 148 Å². The number of aryl methyl sites for hydroxylation is 1. The first-order valence-corrected chi connectivity index (χ1v) is 19.0. The van der Waals surface area contributed by atoms with E-state index in [1.54, 1.807) is 0 Å². The molecule has 0 aromatic heterocycles. The van der Waals surface area contributed by atoms with Gasteiger partial charge in [-0.3, -0.25) is 0 Å². The minimum Gasteiger partial charge on any atom is -0.310 e. The van der Waals surface area contributed by atoms with Gasteiger partial charge in [-0.25, -0.2) is 0 Å². The van der Waals surface area contributed by atoms with Gasteiger partial charge in [0.25, 0.3) is 0 Å². The molecule has 0 unspecified atom stereocenters. The van der Waals surface area contributed by atoms with Crippen LogP contribution in [0.2, 0.25) is 0 Å². The van der Waals surface area contributed by atoms with E-state index in [4.69, 9.17) is 0 Å². The molecule has 3 heteroatoms. The molecule has 0 N–H and O–H groups in total. The molecule has 53 heavy (non-hydrogen) atoms. The Morgan fingerprint density at radius 2 is 0.868 bits per heavy atom. The van der Waals surface area contributed by atoms with Crippen molar-refractivity contribution in [3.05, 3.63) is 210 Å². The predicted octanol–water partition coefficient (Wildman–Crippen LogP) is 14.8. The Hall–Kier alpha value is -6.16. The number of halogens is 1. The lowest BCUT2D eigenvalue weighted by Gasteiger charge is -2.27. The second-order valence-electron chi connectivity index (χ2n) is 13.5. The number of para-hydroxylation sites is 2. The van der Waals surface area contributed by atoms with Gasteiger partial charge in [0.15, 0.2) is 0 Å². The van der Waals surface area contributed by atoms with Crippen molar-refractivity contribution < 1.29 is 0 Å². The van der Waals surface area contributed by atoms with Crippen LogP contribution < -0.4 is 9.80 Å². The summed E-state index contributed by atoms with van der Waals surface area (Å²) in [7, 11) is 0. The van der Waals surface area contributed by atoms with Crippen molar-refractivity contribution in [1.29, 1.82) is 0 Å². The number of fused-ring (bicyclic) bond motifs is 2. The summed E-state index contributed by atoms with van der Waals surface area (Å²) in [5.41, 5.74) is 14.2. The molecule has 0 bridgehead atoms. The van der Waals surface area contributed by atoms with Crippen LogP contribution >= 0.6 is 15.9 Å². The lowest BCUT2D eigenvalue weighted by molar-refractivity contribution is 0.985. The van der Waals surface area contributed by atoms with Gasteiger partial charge in [0.2, 0.25) is 0 Å². The van der Waals surface area contributed by atoms with E-state index in [2.05, 4.69) is 226 Å². The quantitative estimate of drug-likeness (QED) is 0.153. The van der Waals surface area contributed by atoms with Crippen LogP contribution in [-0.4, -0.2) is 0 Å². The molecule has 9 rings (SSSR count). The van der Waals surface area contributed by atoms with Crippen molar-refractivity contribution in [2.24, 2.45) is 0 Å². The number of anilines is 6. The first-order chi connectivity index (χ1) is 26.2. The fourth-order valence-corrected chi connectivity index (χ4v) is 7.94. The fraction of sp³-hybridized carbons (Fsp3) is 0.0400. The zero-order chi connectivity index (χ0) is 35.6. The Balaban J connectivity index is 1.03. The van der Waals surface area contributed by atoms with Crippen LogP contribution in [0.5, 0.6) is 0 Å². The fourth-order valence-electron chi connectivity index (χ4n) is 7.45. The van der Waals surface area contributed by atoms with Gasteiger partial charge in [0.05, 0.1) is 0 Å². The van der Waals surface area contributed by atoms with E-state index >= 15 is 0 Å². The molecule has 0 fully saturated rings. The van der Waals surface area contributed by atoms with Crippen LogP contribution in [0.25, 0.3) is 39.1 Å². The number of hydrogen-bond acceptors (Lipinski definition) is 2. The summed E-state index contributed by atoms with van der Waals surface area (Å²) in [6, 6.07) is 67.8. The molecular formula is C50H37BrN2. The zero-order valence-corrected chi connectivity index (χ0v) is 30.8. The van der Waals surface area contributed by atoms with Crippen LogP contribution in [0.1, 0.15) is 17.5 Å². The molecule has 0 radical (unpaired) electrons. The second kappa shape index (κ2) is 14.5. The summed E-state index contributed by atoms with van der Waals surface area (Å²) < 4.78 is 1.05. The van der Waals surface area contributed by atoms with Crippen molar-refractivity contribution >= 4 is 66.9 Å². The molecule has 0 spiro atoms. The predicted molar refractivity (Wildman–Crippen MR) is 229 cm³/mol. The highest BCUT2D eigenvalue weighted by Gasteiger charge is 2.16. The van der Waals surface area contributed by atoms with Crippen LogP contribution in [0.4, 0.5) is 34.1 Å². The van der Waals surface area contributed by atoms with E-state index in [-0.39, 0.29) is 0 Å².